The van der Waals surface area contributed by atoms with E-state index in [9.17, 15) is 9.59 Å². The number of halogens is 2. The first-order valence-corrected chi connectivity index (χ1v) is 8.09. The second kappa shape index (κ2) is 7.34. The molecule has 0 saturated carbocycles. The maximum absolute atomic E-state index is 12.5. The number of benzene rings is 1. The van der Waals surface area contributed by atoms with Gasteiger partial charge in [0.15, 0.2) is 0 Å². The van der Waals surface area contributed by atoms with Crippen molar-refractivity contribution in [1.29, 1.82) is 0 Å². The van der Waals surface area contributed by atoms with Crippen molar-refractivity contribution in [1.82, 2.24) is 4.90 Å². The molecule has 22 heavy (non-hydrogen) atoms. The second-order valence-electron chi connectivity index (χ2n) is 5.80. The molecular weight excluding hydrogens is 325 g/mol. The van der Waals surface area contributed by atoms with Crippen molar-refractivity contribution < 1.29 is 14.7 Å². The van der Waals surface area contributed by atoms with Crippen LogP contribution in [0, 0.1) is 11.8 Å². The molecular formula is C16H19Cl2NO3. The van der Waals surface area contributed by atoms with E-state index < -0.39 is 11.9 Å². The Labute approximate surface area is 140 Å². The molecule has 1 aromatic carbocycles. The highest BCUT2D eigenvalue weighted by Gasteiger charge is 2.30. The van der Waals surface area contributed by atoms with Crippen molar-refractivity contribution in [3.8, 4) is 0 Å². The van der Waals surface area contributed by atoms with E-state index in [2.05, 4.69) is 0 Å². The summed E-state index contributed by atoms with van der Waals surface area (Å²) >= 11 is 12.0. The molecule has 1 saturated heterocycles. The van der Waals surface area contributed by atoms with E-state index in [0.717, 1.165) is 12.0 Å². The van der Waals surface area contributed by atoms with Gasteiger partial charge in [0.25, 0.3) is 0 Å². The zero-order chi connectivity index (χ0) is 16.3. The van der Waals surface area contributed by atoms with E-state index in [1.807, 2.05) is 13.0 Å². The molecule has 2 rings (SSSR count). The molecule has 0 aliphatic carbocycles. The maximum atomic E-state index is 12.5. The first-order chi connectivity index (χ1) is 10.4. The number of rotatable bonds is 4. The van der Waals surface area contributed by atoms with E-state index >= 15 is 0 Å². The molecule has 120 valence electrons. The average Bonchev–Trinajstić information content (AvgIpc) is 2.49. The van der Waals surface area contributed by atoms with Crippen molar-refractivity contribution in [2.24, 2.45) is 11.8 Å². The van der Waals surface area contributed by atoms with Crippen LogP contribution in [0.1, 0.15) is 25.3 Å². The number of nitrogens with zero attached hydrogens (tertiary/aromatic N) is 1. The van der Waals surface area contributed by atoms with Crippen LogP contribution in [0.2, 0.25) is 10.0 Å². The van der Waals surface area contributed by atoms with Crippen LogP contribution in [0.3, 0.4) is 0 Å². The lowest BCUT2D eigenvalue weighted by Gasteiger charge is -2.32. The SMILES string of the molecule is CC(Cc1ccc(Cl)cc1Cl)C(=O)N1CCCC(C(=O)O)C1. The lowest BCUT2D eigenvalue weighted by molar-refractivity contribution is -0.146. The fourth-order valence-electron chi connectivity index (χ4n) is 2.79. The minimum atomic E-state index is -0.828. The fraction of sp³-hybridized carbons (Fsp3) is 0.500. The summed E-state index contributed by atoms with van der Waals surface area (Å²) in [7, 11) is 0. The number of carboxylic acid groups (broad SMARTS) is 1. The van der Waals surface area contributed by atoms with Crippen LogP contribution in [0.25, 0.3) is 0 Å². The molecule has 1 heterocycles. The minimum Gasteiger partial charge on any atom is -0.481 e. The Bertz CT molecular complexity index is 577. The van der Waals surface area contributed by atoms with Gasteiger partial charge in [-0.15, -0.1) is 0 Å². The molecule has 0 radical (unpaired) electrons. The molecule has 6 heteroatoms. The van der Waals surface area contributed by atoms with Crippen molar-refractivity contribution >= 4 is 35.1 Å². The molecule has 2 unspecified atom stereocenters. The maximum Gasteiger partial charge on any atom is 0.308 e. The largest absolute Gasteiger partial charge is 0.481 e. The molecule has 1 aliphatic heterocycles. The molecule has 1 aliphatic rings. The van der Waals surface area contributed by atoms with Gasteiger partial charge in [-0.3, -0.25) is 9.59 Å². The van der Waals surface area contributed by atoms with Crippen LogP contribution < -0.4 is 0 Å². The van der Waals surface area contributed by atoms with Crippen LogP contribution in [0.5, 0.6) is 0 Å². The Morgan fingerprint density at radius 3 is 2.77 bits per heavy atom. The summed E-state index contributed by atoms with van der Waals surface area (Å²) in [6.45, 7) is 2.77. The van der Waals surface area contributed by atoms with Gasteiger partial charge in [0.2, 0.25) is 5.91 Å². The molecule has 1 N–H and O–H groups in total. The third kappa shape index (κ3) is 4.14. The lowest BCUT2D eigenvalue weighted by atomic mass is 9.95. The standard InChI is InChI=1S/C16H19Cl2NO3/c1-10(7-11-4-5-13(17)8-14(11)18)15(20)19-6-2-3-12(9-19)16(21)22/h4-5,8,10,12H,2-3,6-7,9H2,1H3,(H,21,22). The molecule has 0 aromatic heterocycles. The van der Waals surface area contributed by atoms with E-state index in [0.29, 0.717) is 36.0 Å². The quantitative estimate of drug-likeness (QED) is 0.910. The van der Waals surface area contributed by atoms with Gasteiger partial charge in [0, 0.05) is 29.1 Å². The predicted molar refractivity (Wildman–Crippen MR) is 86.3 cm³/mol. The summed E-state index contributed by atoms with van der Waals surface area (Å²) in [6.07, 6.45) is 1.89. The van der Waals surface area contributed by atoms with Gasteiger partial charge in [0.1, 0.15) is 0 Å². The first kappa shape index (κ1) is 17.1. The first-order valence-electron chi connectivity index (χ1n) is 7.34. The third-order valence-electron chi connectivity index (χ3n) is 4.05. The normalized spacial score (nSPS) is 19.8. The highest BCUT2D eigenvalue weighted by atomic mass is 35.5. The number of carbonyl (C=O) groups is 2. The Balaban J connectivity index is 2.01. The van der Waals surface area contributed by atoms with E-state index in [4.69, 9.17) is 28.3 Å². The summed E-state index contributed by atoms with van der Waals surface area (Å²) < 4.78 is 0. The highest BCUT2D eigenvalue weighted by Crippen LogP contribution is 2.25. The van der Waals surface area contributed by atoms with Gasteiger partial charge in [-0.25, -0.2) is 0 Å². The van der Waals surface area contributed by atoms with Crippen LogP contribution in [-0.2, 0) is 16.0 Å². The average molecular weight is 344 g/mol. The molecule has 1 fully saturated rings. The summed E-state index contributed by atoms with van der Waals surface area (Å²) in [4.78, 5) is 25.3. The van der Waals surface area contributed by atoms with E-state index in [1.165, 1.54) is 0 Å². The van der Waals surface area contributed by atoms with Crippen molar-refractivity contribution in [2.45, 2.75) is 26.2 Å². The van der Waals surface area contributed by atoms with Crippen LogP contribution in [-0.4, -0.2) is 35.0 Å². The fourth-order valence-corrected chi connectivity index (χ4v) is 3.28. The Morgan fingerprint density at radius 2 is 2.14 bits per heavy atom. The third-order valence-corrected chi connectivity index (χ3v) is 4.63. The zero-order valence-electron chi connectivity index (χ0n) is 12.4. The van der Waals surface area contributed by atoms with Crippen LogP contribution in [0.15, 0.2) is 18.2 Å². The van der Waals surface area contributed by atoms with Crippen molar-refractivity contribution in [3.05, 3.63) is 33.8 Å². The number of carbonyl (C=O) groups excluding carboxylic acids is 1. The zero-order valence-corrected chi connectivity index (χ0v) is 13.9. The van der Waals surface area contributed by atoms with Gasteiger partial charge in [-0.05, 0) is 37.0 Å². The lowest BCUT2D eigenvalue weighted by Crippen LogP contribution is -2.44. The Morgan fingerprint density at radius 1 is 1.41 bits per heavy atom. The van der Waals surface area contributed by atoms with Crippen molar-refractivity contribution in [3.63, 3.8) is 0 Å². The number of hydrogen-bond donors (Lipinski definition) is 1. The van der Waals surface area contributed by atoms with Gasteiger partial charge >= 0.3 is 5.97 Å². The number of piperidine rings is 1. The van der Waals surface area contributed by atoms with Crippen LogP contribution in [0.4, 0.5) is 0 Å². The molecule has 0 spiro atoms. The minimum absolute atomic E-state index is 0.0167. The highest BCUT2D eigenvalue weighted by molar-refractivity contribution is 6.35. The van der Waals surface area contributed by atoms with E-state index in [-0.39, 0.29) is 11.8 Å². The van der Waals surface area contributed by atoms with Gasteiger partial charge < -0.3 is 10.0 Å². The monoisotopic (exact) mass is 343 g/mol. The van der Waals surface area contributed by atoms with E-state index in [1.54, 1.807) is 17.0 Å². The van der Waals surface area contributed by atoms with Gasteiger partial charge in [-0.2, -0.15) is 0 Å². The number of carboxylic acids is 1. The number of hydrogen-bond acceptors (Lipinski definition) is 2. The second-order valence-corrected chi connectivity index (χ2v) is 6.65. The molecule has 1 amide bonds. The number of likely N-dealkylation sites (tertiary alicyclic amines) is 1. The molecule has 2 atom stereocenters. The Hall–Kier alpha value is -1.26. The van der Waals surface area contributed by atoms with Crippen LogP contribution >= 0.6 is 23.2 Å². The van der Waals surface area contributed by atoms with Gasteiger partial charge in [-0.1, -0.05) is 36.2 Å². The molecule has 4 nitrogen and oxygen atoms in total. The predicted octanol–water partition coefficient (Wildman–Crippen LogP) is 3.50. The number of amides is 1. The topological polar surface area (TPSA) is 57.6 Å². The smallest absolute Gasteiger partial charge is 0.308 e. The molecule has 1 aromatic rings. The van der Waals surface area contributed by atoms with Crippen molar-refractivity contribution in [2.75, 3.05) is 13.1 Å². The Kier molecular flexibility index (Phi) is 5.70. The summed E-state index contributed by atoms with van der Waals surface area (Å²) in [5.41, 5.74) is 0.874. The summed E-state index contributed by atoms with van der Waals surface area (Å²) in [5, 5.41) is 10.2. The molecule has 0 bridgehead atoms. The summed E-state index contributed by atoms with van der Waals surface area (Å²) in [6, 6.07) is 5.24. The number of aliphatic carboxylic acids is 1. The summed E-state index contributed by atoms with van der Waals surface area (Å²) in [5.74, 6) is -1.54. The van der Waals surface area contributed by atoms with Gasteiger partial charge in [0.05, 0.1) is 5.92 Å².